The fourth-order valence-corrected chi connectivity index (χ4v) is 4.90. The van der Waals surface area contributed by atoms with E-state index in [4.69, 9.17) is 21.1 Å². The molecule has 154 valence electrons. The van der Waals surface area contributed by atoms with Crippen LogP contribution in [0.25, 0.3) is 0 Å². The molecule has 4 rings (SSSR count). The van der Waals surface area contributed by atoms with Gasteiger partial charge in [-0.25, -0.2) is 0 Å². The van der Waals surface area contributed by atoms with Gasteiger partial charge in [-0.1, -0.05) is 18.5 Å². The fraction of sp³-hybridized carbons (Fsp3) is 0.667. The third-order valence-corrected chi connectivity index (χ3v) is 6.63. The van der Waals surface area contributed by atoms with Gasteiger partial charge in [-0.05, 0) is 56.9 Å². The Hall–Kier alpha value is -1.50. The number of hydrogen-bond donors (Lipinski definition) is 1. The van der Waals surface area contributed by atoms with Crippen molar-refractivity contribution < 1.29 is 14.3 Å². The van der Waals surface area contributed by atoms with Gasteiger partial charge in [0.2, 0.25) is 12.7 Å². The number of halogens is 1. The Balaban J connectivity index is 1.26. The average Bonchev–Trinajstić information content (AvgIpc) is 3.41. The molecule has 3 aliphatic heterocycles. The first-order valence-electron chi connectivity index (χ1n) is 10.5. The molecule has 3 aliphatic rings. The van der Waals surface area contributed by atoms with Crippen molar-refractivity contribution in [2.75, 3.05) is 33.0 Å². The Morgan fingerprint density at radius 3 is 2.86 bits per heavy atom. The van der Waals surface area contributed by atoms with Gasteiger partial charge in [-0.15, -0.1) is 0 Å². The van der Waals surface area contributed by atoms with Gasteiger partial charge >= 0.3 is 0 Å². The van der Waals surface area contributed by atoms with E-state index in [2.05, 4.69) is 22.0 Å². The predicted molar refractivity (Wildman–Crippen MR) is 109 cm³/mol. The molecule has 2 fully saturated rings. The summed E-state index contributed by atoms with van der Waals surface area (Å²) >= 11 is 6.35. The molecule has 3 heterocycles. The molecule has 2 atom stereocenters. The summed E-state index contributed by atoms with van der Waals surface area (Å²) in [5, 5.41) is 4.17. The zero-order chi connectivity index (χ0) is 19.5. The molecule has 0 unspecified atom stereocenters. The average molecular weight is 408 g/mol. The van der Waals surface area contributed by atoms with Crippen LogP contribution in [0.3, 0.4) is 0 Å². The summed E-state index contributed by atoms with van der Waals surface area (Å²) in [5.74, 6) is 1.79. The van der Waals surface area contributed by atoms with E-state index in [0.717, 1.165) is 43.8 Å². The molecule has 0 aromatic heterocycles. The number of carbonyl (C=O) groups is 1. The van der Waals surface area contributed by atoms with Gasteiger partial charge in [0.15, 0.2) is 11.5 Å². The number of rotatable bonds is 8. The first-order chi connectivity index (χ1) is 13.7. The van der Waals surface area contributed by atoms with E-state index >= 15 is 0 Å². The predicted octanol–water partition coefficient (Wildman–Crippen LogP) is 3.02. The van der Waals surface area contributed by atoms with Crippen molar-refractivity contribution in [3.63, 3.8) is 0 Å². The van der Waals surface area contributed by atoms with Crippen LogP contribution in [0.5, 0.6) is 11.5 Å². The largest absolute Gasteiger partial charge is 0.454 e. The number of ether oxygens (including phenoxy) is 2. The first-order valence-corrected chi connectivity index (χ1v) is 10.9. The highest BCUT2D eigenvalue weighted by Gasteiger charge is 2.34. The molecule has 6 nitrogen and oxygen atoms in total. The van der Waals surface area contributed by atoms with Crippen LogP contribution in [0.15, 0.2) is 12.1 Å². The van der Waals surface area contributed by atoms with Crippen LogP contribution in [0, 0.1) is 0 Å². The van der Waals surface area contributed by atoms with Crippen LogP contribution in [0.1, 0.15) is 44.6 Å². The Morgan fingerprint density at radius 2 is 2.04 bits per heavy atom. The Morgan fingerprint density at radius 1 is 1.21 bits per heavy atom. The van der Waals surface area contributed by atoms with Crippen molar-refractivity contribution >= 4 is 17.5 Å². The lowest BCUT2D eigenvalue weighted by Gasteiger charge is -2.31. The number of benzene rings is 1. The first kappa shape index (κ1) is 19.8. The highest BCUT2D eigenvalue weighted by atomic mass is 35.5. The number of carbonyl (C=O) groups excluding carboxylic acids is 1. The van der Waals surface area contributed by atoms with Gasteiger partial charge in [0, 0.05) is 42.7 Å². The molecule has 1 N–H and O–H groups in total. The quantitative estimate of drug-likeness (QED) is 0.671. The van der Waals surface area contributed by atoms with Crippen LogP contribution in [-0.2, 0) is 11.3 Å². The third-order valence-electron chi connectivity index (χ3n) is 6.28. The monoisotopic (exact) mass is 407 g/mol. The van der Waals surface area contributed by atoms with Crippen LogP contribution in [0.2, 0.25) is 5.02 Å². The maximum Gasteiger partial charge on any atom is 0.231 e. The summed E-state index contributed by atoms with van der Waals surface area (Å²) in [4.78, 5) is 17.1. The summed E-state index contributed by atoms with van der Waals surface area (Å²) in [5.41, 5.74) is 1.01. The molecule has 2 saturated heterocycles. The molecule has 0 radical (unpaired) electrons. The van der Waals surface area contributed by atoms with Gasteiger partial charge in [0.25, 0.3) is 0 Å². The molecular weight excluding hydrogens is 378 g/mol. The topological polar surface area (TPSA) is 54.0 Å². The molecular formula is C21H30ClN3O3. The van der Waals surface area contributed by atoms with Crippen LogP contribution < -0.4 is 14.8 Å². The Bertz CT molecular complexity index is 714. The van der Waals surface area contributed by atoms with Crippen molar-refractivity contribution in [1.29, 1.82) is 0 Å². The molecule has 0 spiro atoms. The molecule has 0 aliphatic carbocycles. The number of likely N-dealkylation sites (N-methyl/N-ethyl adjacent to an activating group) is 1. The molecule has 28 heavy (non-hydrogen) atoms. The van der Waals surface area contributed by atoms with E-state index < -0.39 is 0 Å². The van der Waals surface area contributed by atoms with Gasteiger partial charge in [0.05, 0.1) is 0 Å². The number of hydrogen-bond acceptors (Lipinski definition) is 5. The van der Waals surface area contributed by atoms with Crippen LogP contribution >= 0.6 is 11.6 Å². The Labute approximate surface area is 172 Å². The molecule has 1 aromatic rings. The minimum Gasteiger partial charge on any atom is -0.454 e. The highest BCUT2D eigenvalue weighted by molar-refractivity contribution is 6.31. The van der Waals surface area contributed by atoms with E-state index in [1.807, 2.05) is 12.1 Å². The van der Waals surface area contributed by atoms with Gasteiger partial charge in [0.1, 0.15) is 0 Å². The minimum absolute atomic E-state index is 0.255. The van der Waals surface area contributed by atoms with E-state index in [1.165, 1.54) is 19.4 Å². The summed E-state index contributed by atoms with van der Waals surface area (Å²) < 4.78 is 10.8. The number of fused-ring (bicyclic) bond motifs is 1. The van der Waals surface area contributed by atoms with Crippen LogP contribution in [-0.4, -0.2) is 60.8 Å². The molecule has 1 aromatic carbocycles. The molecule has 1 amide bonds. The van der Waals surface area contributed by atoms with Gasteiger partial charge in [-0.3, -0.25) is 9.69 Å². The van der Waals surface area contributed by atoms with Crippen molar-refractivity contribution in [2.45, 2.75) is 57.7 Å². The van der Waals surface area contributed by atoms with E-state index in [1.54, 1.807) is 0 Å². The Kier molecular flexibility index (Phi) is 6.28. The summed E-state index contributed by atoms with van der Waals surface area (Å²) in [6.45, 7) is 7.16. The van der Waals surface area contributed by atoms with Crippen LogP contribution in [0.4, 0.5) is 0 Å². The fourth-order valence-electron chi connectivity index (χ4n) is 4.68. The van der Waals surface area contributed by atoms with E-state index in [9.17, 15) is 4.79 Å². The standard InChI is InChI=1S/C21H30ClN3O3/c1-2-24-9-3-4-17(24)13-25-16(5-6-21(25)26)7-8-23-12-15-10-19-20(11-18(15)22)28-14-27-19/h10-11,16-17,23H,2-9,12-14H2,1H3/t16-,17+/m0/s1. The number of amides is 1. The zero-order valence-corrected chi connectivity index (χ0v) is 17.3. The maximum absolute atomic E-state index is 12.4. The minimum atomic E-state index is 0.255. The summed E-state index contributed by atoms with van der Waals surface area (Å²) in [6, 6.07) is 4.66. The second kappa shape index (κ2) is 8.89. The molecule has 0 saturated carbocycles. The third kappa shape index (κ3) is 4.24. The number of likely N-dealkylation sites (tertiary alicyclic amines) is 2. The van der Waals surface area contributed by atoms with Gasteiger partial charge < -0.3 is 19.7 Å². The summed E-state index contributed by atoms with van der Waals surface area (Å²) in [7, 11) is 0. The highest BCUT2D eigenvalue weighted by Crippen LogP contribution is 2.36. The van der Waals surface area contributed by atoms with E-state index in [0.29, 0.717) is 41.7 Å². The molecule has 0 bridgehead atoms. The second-order valence-electron chi connectivity index (χ2n) is 7.93. The normalized spacial score (nSPS) is 24.5. The van der Waals surface area contributed by atoms with Crippen molar-refractivity contribution in [1.82, 2.24) is 15.1 Å². The number of nitrogens with one attached hydrogen (secondary N) is 1. The molecule has 7 heteroatoms. The van der Waals surface area contributed by atoms with Crippen molar-refractivity contribution in [3.8, 4) is 11.5 Å². The lowest BCUT2D eigenvalue weighted by Crippen LogP contribution is -2.44. The number of nitrogens with zero attached hydrogens (tertiary/aromatic N) is 2. The van der Waals surface area contributed by atoms with Crippen molar-refractivity contribution in [3.05, 3.63) is 22.7 Å². The van der Waals surface area contributed by atoms with Crippen molar-refractivity contribution in [2.24, 2.45) is 0 Å². The maximum atomic E-state index is 12.4. The lowest BCUT2D eigenvalue weighted by molar-refractivity contribution is -0.129. The zero-order valence-electron chi connectivity index (χ0n) is 16.6. The lowest BCUT2D eigenvalue weighted by atomic mass is 10.1. The second-order valence-corrected chi connectivity index (χ2v) is 8.33. The SMILES string of the molecule is CCN1CCC[C@@H]1CN1C(=O)CC[C@H]1CCNCc1cc2c(cc1Cl)OCO2. The summed E-state index contributed by atoms with van der Waals surface area (Å²) in [6.07, 6.45) is 5.11. The van der Waals surface area contributed by atoms with E-state index in [-0.39, 0.29) is 6.79 Å². The smallest absolute Gasteiger partial charge is 0.231 e. The van der Waals surface area contributed by atoms with Gasteiger partial charge in [-0.2, -0.15) is 0 Å².